The van der Waals surface area contributed by atoms with Gasteiger partial charge < -0.3 is 0 Å². The third-order valence-electron chi connectivity index (χ3n) is 6.66. The first-order valence-electron chi connectivity index (χ1n) is 5.21. The molecule has 2 aliphatic carbocycles. The number of fused-ring (bicyclic) bond motifs is 1. The Hall–Kier alpha value is 0. The van der Waals surface area contributed by atoms with Gasteiger partial charge in [0, 0.05) is 0 Å². The van der Waals surface area contributed by atoms with Crippen LogP contribution >= 0.6 is 0 Å². The van der Waals surface area contributed by atoms with Gasteiger partial charge in [0.15, 0.2) is 0 Å². The molecule has 2 saturated carbocycles. The van der Waals surface area contributed by atoms with Gasteiger partial charge in [-0.1, -0.05) is 41.5 Å². The summed E-state index contributed by atoms with van der Waals surface area (Å²) in [6.45, 7) is 14.8. The maximum absolute atomic E-state index is 2.49. The minimum absolute atomic E-state index is 0.535. The molecule has 0 N–H and O–H groups in total. The Morgan fingerprint density at radius 1 is 0.583 bits per heavy atom. The van der Waals surface area contributed by atoms with Crippen molar-refractivity contribution in [3.63, 3.8) is 0 Å². The Morgan fingerprint density at radius 3 is 0.917 bits per heavy atom. The first kappa shape index (κ1) is 8.59. The van der Waals surface area contributed by atoms with Gasteiger partial charge in [-0.3, -0.25) is 0 Å². The van der Waals surface area contributed by atoms with Crippen LogP contribution in [0.3, 0.4) is 0 Å². The van der Waals surface area contributed by atoms with Crippen LogP contribution in [0.15, 0.2) is 0 Å². The van der Waals surface area contributed by atoms with Crippen molar-refractivity contribution >= 4 is 0 Å². The van der Waals surface area contributed by atoms with Gasteiger partial charge in [0.05, 0.1) is 0 Å². The van der Waals surface area contributed by atoms with E-state index in [0.29, 0.717) is 21.7 Å². The average molecular weight is 166 g/mol. The van der Waals surface area contributed by atoms with E-state index in [1.165, 1.54) is 12.8 Å². The van der Waals surface area contributed by atoms with E-state index in [1.807, 2.05) is 0 Å². The molecule has 2 unspecified atom stereocenters. The molecule has 0 amide bonds. The van der Waals surface area contributed by atoms with Crippen molar-refractivity contribution in [2.45, 2.75) is 54.4 Å². The standard InChI is InChI=1S/C12H22/c1-9(2)10(3,4)12(6)8-7-11(9,12)5/h7-8H2,1-6H3. The Bertz CT molecular complexity index is 179. The quantitative estimate of drug-likeness (QED) is 0.512. The molecule has 0 spiro atoms. The summed E-state index contributed by atoms with van der Waals surface area (Å²) < 4.78 is 0. The van der Waals surface area contributed by atoms with Gasteiger partial charge in [-0.2, -0.15) is 0 Å². The van der Waals surface area contributed by atoms with E-state index in [0.717, 1.165) is 0 Å². The van der Waals surface area contributed by atoms with Crippen LogP contribution in [-0.2, 0) is 0 Å². The van der Waals surface area contributed by atoms with Gasteiger partial charge >= 0.3 is 0 Å². The van der Waals surface area contributed by atoms with Crippen LogP contribution in [0.4, 0.5) is 0 Å². The molecule has 0 aromatic carbocycles. The van der Waals surface area contributed by atoms with E-state index in [4.69, 9.17) is 0 Å². The van der Waals surface area contributed by atoms with E-state index in [1.54, 1.807) is 0 Å². The lowest BCUT2D eigenvalue weighted by Gasteiger charge is -2.84. The Morgan fingerprint density at radius 2 is 0.833 bits per heavy atom. The normalized spacial score (nSPS) is 53.5. The summed E-state index contributed by atoms with van der Waals surface area (Å²) >= 11 is 0. The molecule has 0 heteroatoms. The second-order valence-corrected chi connectivity index (χ2v) is 6.41. The summed E-state index contributed by atoms with van der Waals surface area (Å²) in [4.78, 5) is 0. The molecule has 12 heavy (non-hydrogen) atoms. The molecule has 0 radical (unpaired) electrons. The van der Waals surface area contributed by atoms with Crippen molar-refractivity contribution in [2.75, 3.05) is 0 Å². The highest BCUT2D eigenvalue weighted by Crippen LogP contribution is 2.86. The number of hydrogen-bond donors (Lipinski definition) is 0. The van der Waals surface area contributed by atoms with Gasteiger partial charge in [0.1, 0.15) is 0 Å². The third kappa shape index (κ3) is 0.438. The zero-order valence-electron chi connectivity index (χ0n) is 9.41. The minimum Gasteiger partial charge on any atom is -0.0588 e. The number of hydrogen-bond acceptors (Lipinski definition) is 0. The monoisotopic (exact) mass is 166 g/mol. The maximum atomic E-state index is 2.49. The van der Waals surface area contributed by atoms with Crippen molar-refractivity contribution < 1.29 is 0 Å². The predicted molar refractivity (Wildman–Crippen MR) is 53.0 cm³/mol. The molecule has 0 aromatic heterocycles. The number of rotatable bonds is 0. The Labute approximate surface area is 76.7 Å². The molecular weight excluding hydrogens is 144 g/mol. The molecule has 2 atom stereocenters. The lowest BCUT2D eigenvalue weighted by atomic mass is 9.20. The fourth-order valence-electron chi connectivity index (χ4n) is 4.20. The topological polar surface area (TPSA) is 0 Å². The van der Waals surface area contributed by atoms with Gasteiger partial charge in [-0.05, 0) is 34.5 Å². The smallest absolute Gasteiger partial charge is 0.0210 e. The minimum atomic E-state index is 0.535. The first-order valence-corrected chi connectivity index (χ1v) is 5.21. The molecule has 0 nitrogen and oxygen atoms in total. The molecule has 0 saturated heterocycles. The van der Waals surface area contributed by atoms with Gasteiger partial charge in [0.25, 0.3) is 0 Å². The van der Waals surface area contributed by atoms with Crippen molar-refractivity contribution in [2.24, 2.45) is 21.7 Å². The molecule has 70 valence electrons. The van der Waals surface area contributed by atoms with Crippen LogP contribution in [0.5, 0.6) is 0 Å². The molecule has 0 aromatic rings. The van der Waals surface area contributed by atoms with Gasteiger partial charge in [0.2, 0.25) is 0 Å². The van der Waals surface area contributed by atoms with Gasteiger partial charge in [-0.15, -0.1) is 0 Å². The van der Waals surface area contributed by atoms with E-state index < -0.39 is 0 Å². The molecule has 2 rings (SSSR count). The molecule has 0 aliphatic heterocycles. The van der Waals surface area contributed by atoms with E-state index >= 15 is 0 Å². The lowest BCUT2D eigenvalue weighted by molar-refractivity contribution is -0.361. The van der Waals surface area contributed by atoms with Crippen LogP contribution in [0, 0.1) is 21.7 Å². The summed E-state index contributed by atoms with van der Waals surface area (Å²) in [5, 5.41) is 0. The lowest BCUT2D eigenvalue weighted by Crippen LogP contribution is -2.78. The third-order valence-corrected chi connectivity index (χ3v) is 6.66. The van der Waals surface area contributed by atoms with Gasteiger partial charge in [-0.25, -0.2) is 0 Å². The Balaban J connectivity index is 2.45. The summed E-state index contributed by atoms with van der Waals surface area (Å²) in [6.07, 6.45) is 2.89. The summed E-state index contributed by atoms with van der Waals surface area (Å²) in [6, 6.07) is 0. The van der Waals surface area contributed by atoms with E-state index in [9.17, 15) is 0 Å². The molecule has 2 fully saturated rings. The highest BCUT2D eigenvalue weighted by atomic mass is 14.8. The summed E-state index contributed by atoms with van der Waals surface area (Å²) in [7, 11) is 0. The highest BCUT2D eigenvalue weighted by molar-refractivity contribution is 5.27. The van der Waals surface area contributed by atoms with Crippen molar-refractivity contribution in [1.29, 1.82) is 0 Å². The van der Waals surface area contributed by atoms with Crippen molar-refractivity contribution in [1.82, 2.24) is 0 Å². The van der Waals surface area contributed by atoms with E-state index in [-0.39, 0.29) is 0 Å². The first-order chi connectivity index (χ1) is 5.21. The van der Waals surface area contributed by atoms with Crippen LogP contribution in [0.25, 0.3) is 0 Å². The summed E-state index contributed by atoms with van der Waals surface area (Å²) in [5.41, 5.74) is 2.33. The Kier molecular flexibility index (Phi) is 1.17. The van der Waals surface area contributed by atoms with Crippen molar-refractivity contribution in [3.05, 3.63) is 0 Å². The van der Waals surface area contributed by atoms with E-state index in [2.05, 4.69) is 41.5 Å². The molecule has 2 aliphatic rings. The highest BCUT2D eigenvalue weighted by Gasteiger charge is 2.79. The molecule has 0 bridgehead atoms. The SMILES string of the molecule is CC1(C)C(C)(C)C2(C)CCC12C. The van der Waals surface area contributed by atoms with Crippen LogP contribution in [0.1, 0.15) is 54.4 Å². The molecular formula is C12H22. The fourth-order valence-corrected chi connectivity index (χ4v) is 4.20. The zero-order chi connectivity index (χ0) is 9.41. The second kappa shape index (κ2) is 1.63. The second-order valence-electron chi connectivity index (χ2n) is 6.41. The van der Waals surface area contributed by atoms with Crippen molar-refractivity contribution in [3.8, 4) is 0 Å². The molecule has 0 heterocycles. The fraction of sp³-hybridized carbons (Fsp3) is 1.00. The van der Waals surface area contributed by atoms with Crippen LogP contribution < -0.4 is 0 Å². The van der Waals surface area contributed by atoms with Crippen LogP contribution in [0.2, 0.25) is 0 Å². The summed E-state index contributed by atoms with van der Waals surface area (Å²) in [5.74, 6) is 0. The zero-order valence-corrected chi connectivity index (χ0v) is 9.41. The largest absolute Gasteiger partial charge is 0.0588 e. The average Bonchev–Trinajstić information content (AvgIpc) is 1.97. The predicted octanol–water partition coefficient (Wildman–Crippen LogP) is 3.86. The van der Waals surface area contributed by atoms with Crippen LogP contribution in [-0.4, -0.2) is 0 Å². The maximum Gasteiger partial charge on any atom is -0.0210 e.